The van der Waals surface area contributed by atoms with Gasteiger partial charge in [0.1, 0.15) is 11.5 Å². The van der Waals surface area contributed by atoms with E-state index in [1.807, 2.05) is 26.2 Å². The minimum atomic E-state index is -3.08. The average molecular weight is 586 g/mol. The molecule has 1 unspecified atom stereocenters. The first kappa shape index (κ1) is 27.0. The van der Waals surface area contributed by atoms with E-state index in [1.54, 1.807) is 11.6 Å². The summed E-state index contributed by atoms with van der Waals surface area (Å²) in [7, 11) is -1.18. The Labute approximate surface area is 245 Å². The number of nitrogens with zero attached hydrogens (tertiary/aromatic N) is 7. The zero-order valence-electron chi connectivity index (χ0n) is 24.1. The smallest absolute Gasteiger partial charge is 0.156 e. The van der Waals surface area contributed by atoms with E-state index in [0.29, 0.717) is 19.0 Å². The van der Waals surface area contributed by atoms with Crippen LogP contribution in [0, 0.1) is 12.8 Å². The second-order valence-electron chi connectivity index (χ2n) is 11.6. The predicted octanol–water partition coefficient (Wildman–Crippen LogP) is 4.33. The number of hydrogen-bond acceptors (Lipinski definition) is 8. The van der Waals surface area contributed by atoms with Gasteiger partial charge >= 0.3 is 0 Å². The van der Waals surface area contributed by atoms with E-state index in [9.17, 15) is 8.42 Å². The van der Waals surface area contributed by atoms with Crippen molar-refractivity contribution in [2.45, 2.75) is 38.0 Å². The highest BCUT2D eigenvalue weighted by atomic mass is 32.2. The topological polar surface area (TPSA) is 108 Å². The van der Waals surface area contributed by atoms with E-state index < -0.39 is 15.1 Å². The van der Waals surface area contributed by atoms with E-state index >= 15 is 0 Å². The van der Waals surface area contributed by atoms with E-state index in [0.717, 1.165) is 70.9 Å². The van der Waals surface area contributed by atoms with Gasteiger partial charge in [-0.05, 0) is 56.4 Å². The van der Waals surface area contributed by atoms with Crippen LogP contribution in [0.5, 0.6) is 0 Å². The number of benzene rings is 1. The SMILES string of the molecule is Cc1nnn(C)c1-c1cnc2c3ccc(N4CCS(=O)(=O)C(C)C4)nc3n([C@H](c3ccccc3)C3CCOCC3)c2c1. The standard InChI is InChI=1S/C31H35N7O3S/c1-20-19-37(13-16-42(20,39)40)27-10-9-25-28-26(17-24(18-32-28)29-21(2)34-35-36(29)3)38(31(25)33-27)30(22-7-5-4-6-8-22)23-11-14-41-15-12-23/h4-10,17-18,20,23,30H,11-16,19H2,1-3H3/t20?,30-/m1/s1. The number of sulfone groups is 1. The maximum Gasteiger partial charge on any atom is 0.156 e. The molecular formula is C31H35N7O3S. The van der Waals surface area contributed by atoms with Crippen molar-refractivity contribution in [3.63, 3.8) is 0 Å². The van der Waals surface area contributed by atoms with E-state index in [4.69, 9.17) is 14.7 Å². The van der Waals surface area contributed by atoms with Gasteiger partial charge < -0.3 is 14.2 Å². The summed E-state index contributed by atoms with van der Waals surface area (Å²) in [4.78, 5) is 12.4. The number of pyridine rings is 2. The number of fused-ring (bicyclic) bond motifs is 3. The number of rotatable bonds is 5. The Balaban J connectivity index is 1.48. The van der Waals surface area contributed by atoms with Gasteiger partial charge in [0.05, 0.1) is 39.5 Å². The first-order valence-electron chi connectivity index (χ1n) is 14.6. The molecule has 5 aromatic rings. The van der Waals surface area contributed by atoms with Gasteiger partial charge in [0.2, 0.25) is 0 Å². The number of anilines is 1. The average Bonchev–Trinajstić information content (AvgIpc) is 3.51. The van der Waals surface area contributed by atoms with Gasteiger partial charge in [0, 0.05) is 50.5 Å². The normalized spacial score (nSPS) is 20.4. The molecular weight excluding hydrogens is 550 g/mol. The quantitative estimate of drug-likeness (QED) is 0.300. The number of aryl methyl sites for hydroxylation is 2. The van der Waals surface area contributed by atoms with Crippen LogP contribution in [0.4, 0.5) is 5.82 Å². The summed E-state index contributed by atoms with van der Waals surface area (Å²) in [6.07, 6.45) is 3.79. The fourth-order valence-electron chi connectivity index (χ4n) is 6.68. The first-order chi connectivity index (χ1) is 20.3. The van der Waals surface area contributed by atoms with Crippen molar-refractivity contribution < 1.29 is 13.2 Å². The summed E-state index contributed by atoms with van der Waals surface area (Å²) in [5.41, 5.74) is 6.70. The van der Waals surface area contributed by atoms with Crippen LogP contribution >= 0.6 is 0 Å². The summed E-state index contributed by atoms with van der Waals surface area (Å²) in [5, 5.41) is 9.05. The third kappa shape index (κ3) is 4.55. The van der Waals surface area contributed by atoms with E-state index in [-0.39, 0.29) is 11.8 Å². The van der Waals surface area contributed by atoms with Crippen LogP contribution < -0.4 is 4.90 Å². The number of ether oxygens (including phenoxy) is 1. The van der Waals surface area contributed by atoms with E-state index in [2.05, 4.69) is 62.2 Å². The van der Waals surface area contributed by atoms with Crippen LogP contribution in [-0.4, -0.2) is 75.3 Å². The molecule has 0 bridgehead atoms. The van der Waals surface area contributed by atoms with Crippen LogP contribution in [0.15, 0.2) is 54.7 Å². The predicted molar refractivity (Wildman–Crippen MR) is 163 cm³/mol. The Bertz CT molecular complexity index is 1860. The second-order valence-corrected chi connectivity index (χ2v) is 14.1. The molecule has 0 spiro atoms. The second kappa shape index (κ2) is 10.5. The van der Waals surface area contributed by atoms with Crippen molar-refractivity contribution in [2.24, 2.45) is 13.0 Å². The van der Waals surface area contributed by atoms with Gasteiger partial charge in [0.15, 0.2) is 9.84 Å². The molecule has 6 heterocycles. The molecule has 11 heteroatoms. The summed E-state index contributed by atoms with van der Waals surface area (Å²) in [6, 6.07) is 17.0. The monoisotopic (exact) mass is 585 g/mol. The molecule has 10 nitrogen and oxygen atoms in total. The van der Waals surface area contributed by atoms with Crippen LogP contribution in [0.2, 0.25) is 0 Å². The molecule has 0 saturated carbocycles. The summed E-state index contributed by atoms with van der Waals surface area (Å²) in [5.74, 6) is 1.27. The molecule has 2 fully saturated rings. The first-order valence-corrected chi connectivity index (χ1v) is 16.3. The molecule has 218 valence electrons. The van der Waals surface area contributed by atoms with Gasteiger partial charge in [-0.2, -0.15) is 0 Å². The molecule has 0 amide bonds. The lowest BCUT2D eigenvalue weighted by Gasteiger charge is -2.33. The zero-order chi connectivity index (χ0) is 29.0. The van der Waals surface area contributed by atoms with Gasteiger partial charge in [-0.1, -0.05) is 35.5 Å². The van der Waals surface area contributed by atoms with Crippen molar-refractivity contribution in [3.8, 4) is 11.3 Å². The maximum atomic E-state index is 12.5. The minimum Gasteiger partial charge on any atom is -0.381 e. The van der Waals surface area contributed by atoms with Crippen molar-refractivity contribution in [2.75, 3.05) is 37.0 Å². The Morgan fingerprint density at radius 3 is 2.57 bits per heavy atom. The highest BCUT2D eigenvalue weighted by Gasteiger charge is 2.33. The molecule has 2 saturated heterocycles. The highest BCUT2D eigenvalue weighted by Crippen LogP contribution is 2.41. The maximum absolute atomic E-state index is 12.5. The van der Waals surface area contributed by atoms with Crippen molar-refractivity contribution in [3.05, 3.63) is 66.0 Å². The molecule has 2 aliphatic rings. The largest absolute Gasteiger partial charge is 0.381 e. The van der Waals surface area contributed by atoms with E-state index in [1.165, 1.54) is 5.56 Å². The zero-order valence-corrected chi connectivity index (χ0v) is 25.0. The summed E-state index contributed by atoms with van der Waals surface area (Å²) < 4.78 is 34.9. The third-order valence-electron chi connectivity index (χ3n) is 8.93. The summed E-state index contributed by atoms with van der Waals surface area (Å²) in [6.45, 7) is 6.07. The minimum absolute atomic E-state index is 0.0151. The molecule has 42 heavy (non-hydrogen) atoms. The molecule has 2 atom stereocenters. The van der Waals surface area contributed by atoms with Gasteiger partial charge in [-0.25, -0.2) is 18.1 Å². The number of aromatic nitrogens is 6. The lowest BCUT2D eigenvalue weighted by molar-refractivity contribution is 0.0552. The molecule has 0 N–H and O–H groups in total. The highest BCUT2D eigenvalue weighted by molar-refractivity contribution is 7.92. The molecule has 1 aromatic carbocycles. The molecule has 0 aliphatic carbocycles. The van der Waals surface area contributed by atoms with Crippen molar-refractivity contribution in [1.29, 1.82) is 0 Å². The Morgan fingerprint density at radius 1 is 1.07 bits per heavy atom. The molecule has 7 rings (SSSR count). The fraction of sp³-hybridized carbons (Fsp3) is 0.419. The number of hydrogen-bond donors (Lipinski definition) is 0. The van der Waals surface area contributed by atoms with Crippen molar-refractivity contribution in [1.82, 2.24) is 29.5 Å². The fourth-order valence-corrected chi connectivity index (χ4v) is 7.97. The van der Waals surface area contributed by atoms with Crippen molar-refractivity contribution >= 4 is 37.7 Å². The van der Waals surface area contributed by atoms with Crippen LogP contribution in [0.25, 0.3) is 33.3 Å². The molecule has 4 aromatic heterocycles. The van der Waals surface area contributed by atoms with Crippen LogP contribution in [0.1, 0.15) is 37.1 Å². The van der Waals surface area contributed by atoms with Gasteiger partial charge in [-0.15, -0.1) is 5.10 Å². The lowest BCUT2D eigenvalue weighted by Crippen LogP contribution is -2.45. The van der Waals surface area contributed by atoms with Crippen LogP contribution in [0.3, 0.4) is 0 Å². The molecule has 0 radical (unpaired) electrons. The third-order valence-corrected chi connectivity index (χ3v) is 11.1. The Morgan fingerprint density at radius 2 is 1.86 bits per heavy atom. The molecule has 2 aliphatic heterocycles. The lowest BCUT2D eigenvalue weighted by atomic mass is 9.86. The van der Waals surface area contributed by atoms with Gasteiger partial charge in [0.25, 0.3) is 0 Å². The van der Waals surface area contributed by atoms with Crippen LogP contribution in [-0.2, 0) is 21.6 Å². The van der Waals surface area contributed by atoms with Gasteiger partial charge in [-0.3, -0.25) is 4.98 Å². The summed E-state index contributed by atoms with van der Waals surface area (Å²) >= 11 is 0. The Hall–Kier alpha value is -3.83. The Kier molecular flexibility index (Phi) is 6.73.